The molecule has 2 aromatic heterocycles. The molecule has 0 saturated carbocycles. The summed E-state index contributed by atoms with van der Waals surface area (Å²) >= 11 is 0. The monoisotopic (exact) mass is 445 g/mol. The van der Waals surface area contributed by atoms with Crippen LogP contribution >= 0.6 is 0 Å². The SMILES string of the molecule is Cc1noc(C)c1S(=O)(=O)n1cc2c3c(cccc31)CNCC2.O=C(O)C(F)(F)F. The zero-order valence-electron chi connectivity index (χ0n) is 15.9. The van der Waals surface area contributed by atoms with E-state index >= 15 is 0 Å². The zero-order valence-corrected chi connectivity index (χ0v) is 16.8. The van der Waals surface area contributed by atoms with Gasteiger partial charge in [0.2, 0.25) is 0 Å². The number of hydrogen-bond acceptors (Lipinski definition) is 6. The summed E-state index contributed by atoms with van der Waals surface area (Å²) < 4.78 is 64.5. The van der Waals surface area contributed by atoms with Crippen molar-refractivity contribution in [2.75, 3.05) is 6.54 Å². The van der Waals surface area contributed by atoms with Crippen molar-refractivity contribution in [1.29, 1.82) is 0 Å². The van der Waals surface area contributed by atoms with Gasteiger partial charge in [0.05, 0.1) is 5.52 Å². The van der Waals surface area contributed by atoms with E-state index in [0.29, 0.717) is 17.0 Å². The van der Waals surface area contributed by atoms with Crippen LogP contribution in [0.1, 0.15) is 22.6 Å². The maximum Gasteiger partial charge on any atom is 0.490 e. The van der Waals surface area contributed by atoms with Gasteiger partial charge in [-0.3, -0.25) is 0 Å². The number of aromatic nitrogens is 2. The first kappa shape index (κ1) is 21.8. The quantitative estimate of drug-likeness (QED) is 0.623. The molecular weight excluding hydrogens is 427 g/mol. The number of aryl methyl sites for hydroxylation is 2. The summed E-state index contributed by atoms with van der Waals surface area (Å²) in [7, 11) is -3.73. The second-order valence-electron chi connectivity index (χ2n) is 6.65. The smallest absolute Gasteiger partial charge is 0.475 e. The second-order valence-corrected chi connectivity index (χ2v) is 8.40. The predicted molar refractivity (Wildman–Crippen MR) is 99.6 cm³/mol. The number of carboxylic acid groups (broad SMARTS) is 1. The molecule has 3 aromatic rings. The van der Waals surface area contributed by atoms with Gasteiger partial charge in [-0.25, -0.2) is 17.2 Å². The van der Waals surface area contributed by atoms with E-state index in [-0.39, 0.29) is 4.90 Å². The third-order valence-corrected chi connectivity index (χ3v) is 6.49. The average molecular weight is 445 g/mol. The van der Waals surface area contributed by atoms with E-state index in [9.17, 15) is 21.6 Å². The van der Waals surface area contributed by atoms with Crippen LogP contribution in [0, 0.1) is 13.8 Å². The van der Waals surface area contributed by atoms with Crippen molar-refractivity contribution in [2.24, 2.45) is 0 Å². The number of rotatable bonds is 2. The van der Waals surface area contributed by atoms with Crippen LogP contribution in [0.4, 0.5) is 13.2 Å². The van der Waals surface area contributed by atoms with Crippen molar-refractivity contribution >= 4 is 26.9 Å². The lowest BCUT2D eigenvalue weighted by Crippen LogP contribution is -2.21. The van der Waals surface area contributed by atoms with Crippen LogP contribution in [0.15, 0.2) is 33.8 Å². The molecular formula is C18H18F3N3O5S. The molecule has 1 aliphatic rings. The molecule has 4 rings (SSSR count). The van der Waals surface area contributed by atoms with Crippen LogP contribution in [0.25, 0.3) is 10.9 Å². The molecule has 0 unspecified atom stereocenters. The zero-order chi connectivity index (χ0) is 22.3. The minimum atomic E-state index is -5.08. The van der Waals surface area contributed by atoms with Gasteiger partial charge in [0.1, 0.15) is 5.69 Å². The summed E-state index contributed by atoms with van der Waals surface area (Å²) in [5, 5.41) is 15.3. The lowest BCUT2D eigenvalue weighted by atomic mass is 10.1. The topological polar surface area (TPSA) is 114 Å². The fourth-order valence-corrected chi connectivity index (χ4v) is 5.02. The summed E-state index contributed by atoms with van der Waals surface area (Å²) in [4.78, 5) is 9.05. The van der Waals surface area contributed by atoms with Crippen LogP contribution in [-0.2, 0) is 27.8 Å². The fraction of sp³-hybridized carbons (Fsp3) is 0.333. The number of alkyl halides is 3. The normalized spacial score (nSPS) is 14.2. The summed E-state index contributed by atoms with van der Waals surface area (Å²) in [5.74, 6) is -2.44. The van der Waals surface area contributed by atoms with E-state index in [4.69, 9.17) is 14.4 Å². The van der Waals surface area contributed by atoms with Crippen molar-refractivity contribution in [1.82, 2.24) is 14.4 Å². The Kier molecular flexibility index (Phi) is 5.65. The van der Waals surface area contributed by atoms with E-state index in [1.807, 2.05) is 18.2 Å². The first-order valence-electron chi connectivity index (χ1n) is 8.75. The average Bonchev–Trinajstić information content (AvgIpc) is 3.11. The number of benzene rings is 1. The Morgan fingerprint density at radius 2 is 1.93 bits per heavy atom. The Balaban J connectivity index is 0.000000318. The van der Waals surface area contributed by atoms with Crippen LogP contribution in [0.5, 0.6) is 0 Å². The third kappa shape index (κ3) is 3.92. The van der Waals surface area contributed by atoms with Crippen LogP contribution < -0.4 is 5.32 Å². The number of aliphatic carboxylic acids is 1. The maximum atomic E-state index is 13.1. The van der Waals surface area contributed by atoms with Gasteiger partial charge < -0.3 is 14.9 Å². The van der Waals surface area contributed by atoms with Crippen molar-refractivity contribution < 1.29 is 36.0 Å². The summed E-state index contributed by atoms with van der Waals surface area (Å²) in [6.45, 7) is 4.85. The molecule has 1 aliphatic heterocycles. The van der Waals surface area contributed by atoms with Crippen LogP contribution in [0.2, 0.25) is 0 Å². The highest BCUT2D eigenvalue weighted by Gasteiger charge is 2.38. The molecule has 0 atom stereocenters. The molecule has 1 aromatic carbocycles. The summed E-state index contributed by atoms with van der Waals surface area (Å²) in [5.41, 5.74) is 3.27. The Morgan fingerprint density at radius 3 is 2.50 bits per heavy atom. The van der Waals surface area contributed by atoms with Gasteiger partial charge in [-0.15, -0.1) is 0 Å². The van der Waals surface area contributed by atoms with Gasteiger partial charge >= 0.3 is 12.1 Å². The van der Waals surface area contributed by atoms with E-state index in [2.05, 4.69) is 10.5 Å². The van der Waals surface area contributed by atoms with Crippen molar-refractivity contribution in [3.8, 4) is 0 Å². The molecule has 0 bridgehead atoms. The van der Waals surface area contributed by atoms with Gasteiger partial charge in [0, 0.05) is 18.1 Å². The molecule has 162 valence electrons. The lowest BCUT2D eigenvalue weighted by Gasteiger charge is -2.08. The first-order chi connectivity index (χ1) is 13.9. The predicted octanol–water partition coefficient (Wildman–Crippen LogP) is 2.76. The van der Waals surface area contributed by atoms with E-state index in [0.717, 1.165) is 36.0 Å². The van der Waals surface area contributed by atoms with E-state index in [1.165, 1.54) is 3.97 Å². The van der Waals surface area contributed by atoms with Crippen molar-refractivity contribution in [3.05, 3.63) is 47.0 Å². The Labute approximate surface area is 169 Å². The largest absolute Gasteiger partial charge is 0.490 e. The second kappa shape index (κ2) is 7.76. The summed E-state index contributed by atoms with van der Waals surface area (Å²) in [6, 6.07) is 5.79. The molecule has 12 heteroatoms. The van der Waals surface area contributed by atoms with Gasteiger partial charge in [-0.2, -0.15) is 13.2 Å². The standard InChI is InChI=1S/C16H17N3O3S.C2HF3O2/c1-10-16(11(2)22-18-10)23(20,21)19-9-13-6-7-17-8-12-4-3-5-14(19)15(12)13;3-2(4,5)1(6)7/h3-5,9,17H,6-8H2,1-2H3;(H,6,7). The van der Waals surface area contributed by atoms with Gasteiger partial charge in [0.15, 0.2) is 10.7 Å². The van der Waals surface area contributed by atoms with Crippen LogP contribution in [0.3, 0.4) is 0 Å². The van der Waals surface area contributed by atoms with Gasteiger partial charge in [-0.05, 0) is 44.0 Å². The van der Waals surface area contributed by atoms with E-state index in [1.54, 1.807) is 20.0 Å². The molecule has 30 heavy (non-hydrogen) atoms. The molecule has 0 fully saturated rings. The molecule has 0 amide bonds. The van der Waals surface area contributed by atoms with E-state index < -0.39 is 22.2 Å². The molecule has 0 aliphatic carbocycles. The molecule has 0 saturated heterocycles. The van der Waals surface area contributed by atoms with Gasteiger partial charge in [-0.1, -0.05) is 17.3 Å². The van der Waals surface area contributed by atoms with Crippen LogP contribution in [-0.4, -0.2) is 41.3 Å². The first-order valence-corrected chi connectivity index (χ1v) is 10.2. The molecule has 0 radical (unpaired) electrons. The number of carboxylic acids is 1. The minimum absolute atomic E-state index is 0.154. The minimum Gasteiger partial charge on any atom is -0.475 e. The molecule has 3 heterocycles. The molecule has 0 spiro atoms. The number of halogens is 3. The number of hydrogen-bond donors (Lipinski definition) is 2. The highest BCUT2D eigenvalue weighted by atomic mass is 32.2. The van der Waals surface area contributed by atoms with Crippen molar-refractivity contribution in [3.63, 3.8) is 0 Å². The Hall–Kier alpha value is -2.86. The molecule has 8 nitrogen and oxygen atoms in total. The number of nitrogens with one attached hydrogen (secondary N) is 1. The van der Waals surface area contributed by atoms with Gasteiger partial charge in [0.25, 0.3) is 10.0 Å². The maximum absolute atomic E-state index is 13.1. The summed E-state index contributed by atoms with van der Waals surface area (Å²) in [6.07, 6.45) is -2.54. The Morgan fingerprint density at radius 1 is 1.27 bits per heavy atom. The highest BCUT2D eigenvalue weighted by molar-refractivity contribution is 7.90. The number of carbonyl (C=O) groups is 1. The molecule has 2 N–H and O–H groups in total. The Bertz CT molecular complexity index is 1190. The fourth-order valence-electron chi connectivity index (χ4n) is 3.34. The van der Waals surface area contributed by atoms with Crippen molar-refractivity contribution in [2.45, 2.75) is 37.9 Å². The number of nitrogens with zero attached hydrogens (tertiary/aromatic N) is 2. The highest BCUT2D eigenvalue weighted by Crippen LogP contribution is 2.31. The third-order valence-electron chi connectivity index (χ3n) is 4.57. The lowest BCUT2D eigenvalue weighted by molar-refractivity contribution is -0.192.